The number of nitrogens with two attached hydrogens (primary N) is 1. The Hall–Kier alpha value is -0.560. The van der Waals surface area contributed by atoms with Gasteiger partial charge in [0.1, 0.15) is 0 Å². The van der Waals surface area contributed by atoms with Crippen LogP contribution >= 0.6 is 7.92 Å². The molecule has 12 heavy (non-hydrogen) atoms. The Kier molecular flexibility index (Phi) is 3.54. The number of hydrogen-bond donors (Lipinski definition) is 1. The summed E-state index contributed by atoms with van der Waals surface area (Å²) in [5, 5.41) is 0. The summed E-state index contributed by atoms with van der Waals surface area (Å²) in [7, 11) is -0.359. The Morgan fingerprint density at radius 1 is 1.75 bits per heavy atom. The molecule has 0 heterocycles. The molecule has 0 aromatic rings. The molecule has 1 rings (SSSR count). The number of hydrogen-bond acceptors (Lipinski definition) is 4. The molecule has 1 fully saturated rings. The summed E-state index contributed by atoms with van der Waals surface area (Å²) in [5.74, 6) is -0.0313. The molecule has 0 bridgehead atoms. The van der Waals surface area contributed by atoms with Crippen molar-refractivity contribution in [2.45, 2.75) is 18.9 Å². The van der Waals surface area contributed by atoms with Gasteiger partial charge in [0.2, 0.25) is 0 Å². The minimum atomic E-state index is -0.983. The van der Waals surface area contributed by atoms with Crippen LogP contribution < -0.4 is 5.73 Å². The van der Waals surface area contributed by atoms with Crippen molar-refractivity contribution in [3.05, 3.63) is 0 Å². The standard InChI is InChI=1S/C7H10NO3P/c8-6(4-12-10)7(9)11-3-5-1-2-5/h5-6H,1-3,8H2/t6-/m0/s1. The van der Waals surface area contributed by atoms with Crippen LogP contribution in [0.25, 0.3) is 0 Å². The minimum absolute atomic E-state index is 0.359. The van der Waals surface area contributed by atoms with E-state index in [0.717, 1.165) is 12.8 Å². The summed E-state index contributed by atoms with van der Waals surface area (Å²) in [6.07, 6.45) is 2.24. The predicted molar refractivity (Wildman–Crippen MR) is 43.2 cm³/mol. The molecular formula is C7H10NO3P. The van der Waals surface area contributed by atoms with Gasteiger partial charge in [0.05, 0.1) is 0 Å². The normalized spacial score (nSPS) is 17.8. The number of carbonyl (C=O) groups excluding carboxylic acids is 1. The molecular weight excluding hydrogens is 177 g/mol. The summed E-state index contributed by atoms with van der Waals surface area (Å²) in [4.78, 5) is 10.9. The summed E-state index contributed by atoms with van der Waals surface area (Å²) >= 11 is 0. The van der Waals surface area contributed by atoms with E-state index in [9.17, 15) is 9.36 Å². The summed E-state index contributed by atoms with van der Waals surface area (Å²) in [6, 6.07) is -0.983. The van der Waals surface area contributed by atoms with Gasteiger partial charge in [-0.2, -0.15) is 0 Å². The monoisotopic (exact) mass is 187 g/mol. The first-order valence-corrected chi connectivity index (χ1v) is 4.55. The third kappa shape index (κ3) is 3.22. The van der Waals surface area contributed by atoms with Crippen LogP contribution in [0.1, 0.15) is 12.8 Å². The van der Waals surface area contributed by atoms with Crippen molar-refractivity contribution >= 4 is 13.9 Å². The van der Waals surface area contributed by atoms with Crippen LogP contribution in [0, 0.1) is 11.5 Å². The quantitative estimate of drug-likeness (QED) is 0.516. The van der Waals surface area contributed by atoms with Crippen LogP contribution in [0.5, 0.6) is 0 Å². The van der Waals surface area contributed by atoms with E-state index < -0.39 is 12.0 Å². The molecule has 2 N–H and O–H groups in total. The zero-order valence-electron chi connectivity index (χ0n) is 6.53. The van der Waals surface area contributed by atoms with E-state index in [1.54, 1.807) is 0 Å². The average Bonchev–Trinajstić information content (AvgIpc) is 2.83. The molecule has 0 saturated heterocycles. The molecule has 5 heteroatoms. The molecule has 0 amide bonds. The molecule has 0 unspecified atom stereocenters. The molecule has 1 saturated carbocycles. The second kappa shape index (κ2) is 4.46. The van der Waals surface area contributed by atoms with Gasteiger partial charge in [0.25, 0.3) is 0 Å². The Labute approximate surface area is 71.6 Å². The Morgan fingerprint density at radius 2 is 2.42 bits per heavy atom. The van der Waals surface area contributed by atoms with Gasteiger partial charge in [-0.3, -0.25) is 0 Å². The van der Waals surface area contributed by atoms with E-state index >= 15 is 0 Å². The molecule has 0 spiro atoms. The van der Waals surface area contributed by atoms with E-state index in [4.69, 9.17) is 10.5 Å². The Balaban J connectivity index is 2.23. The van der Waals surface area contributed by atoms with E-state index in [-0.39, 0.29) is 7.92 Å². The van der Waals surface area contributed by atoms with Gasteiger partial charge in [-0.15, -0.1) is 0 Å². The van der Waals surface area contributed by atoms with Crippen LogP contribution in [0.3, 0.4) is 0 Å². The van der Waals surface area contributed by atoms with Crippen LogP contribution in [0.2, 0.25) is 0 Å². The molecule has 66 valence electrons. The second-order valence-corrected chi connectivity index (χ2v) is 3.21. The van der Waals surface area contributed by atoms with Crippen molar-refractivity contribution in [2.75, 3.05) is 6.61 Å². The molecule has 1 aliphatic carbocycles. The molecule has 1 atom stereocenters. The number of carbonyl (C=O) groups is 1. The van der Waals surface area contributed by atoms with E-state index in [0.29, 0.717) is 12.5 Å². The van der Waals surface area contributed by atoms with Crippen LogP contribution in [-0.2, 0) is 14.1 Å². The van der Waals surface area contributed by atoms with Gasteiger partial charge < -0.3 is 0 Å². The Morgan fingerprint density at radius 3 is 2.92 bits per heavy atom. The molecule has 0 aliphatic heterocycles. The number of esters is 1. The molecule has 1 aliphatic rings. The van der Waals surface area contributed by atoms with Gasteiger partial charge in [-0.1, -0.05) is 0 Å². The molecule has 0 radical (unpaired) electrons. The van der Waals surface area contributed by atoms with E-state index in [1.807, 2.05) is 0 Å². The fourth-order valence-electron chi connectivity index (χ4n) is 0.684. The average molecular weight is 187 g/mol. The van der Waals surface area contributed by atoms with Crippen LogP contribution in [-0.4, -0.2) is 18.6 Å². The van der Waals surface area contributed by atoms with E-state index in [1.165, 1.54) is 0 Å². The summed E-state index contributed by atoms with van der Waals surface area (Å²) in [6.45, 7) is 0.434. The first kappa shape index (κ1) is 9.53. The first-order valence-electron chi connectivity index (χ1n) is 3.74. The molecule has 4 nitrogen and oxygen atoms in total. The third-order valence-corrected chi connectivity index (χ3v) is 1.99. The number of ether oxygens (including phenoxy) is 1. The summed E-state index contributed by atoms with van der Waals surface area (Å²) < 4.78 is 14.8. The van der Waals surface area contributed by atoms with Crippen LogP contribution in [0.15, 0.2) is 0 Å². The predicted octanol–water partition coefficient (Wildman–Crippen LogP) is 0.518. The van der Waals surface area contributed by atoms with Gasteiger partial charge in [0, 0.05) is 0 Å². The van der Waals surface area contributed by atoms with Crippen molar-refractivity contribution in [1.29, 1.82) is 0 Å². The topological polar surface area (TPSA) is 69.4 Å². The fraction of sp³-hybridized carbons (Fsp3) is 0.714. The van der Waals surface area contributed by atoms with Gasteiger partial charge in [-0.05, 0) is 0 Å². The van der Waals surface area contributed by atoms with Crippen molar-refractivity contribution in [3.63, 3.8) is 0 Å². The van der Waals surface area contributed by atoms with Crippen molar-refractivity contribution in [1.82, 2.24) is 0 Å². The SMILES string of the molecule is N[C@@H](C#P=O)C(=O)OCC1CC1. The van der Waals surface area contributed by atoms with E-state index in [2.05, 4.69) is 5.63 Å². The van der Waals surface area contributed by atoms with Crippen molar-refractivity contribution in [2.24, 2.45) is 11.7 Å². The van der Waals surface area contributed by atoms with Gasteiger partial charge in [-0.25, -0.2) is 0 Å². The first-order chi connectivity index (χ1) is 5.74. The molecule has 0 aromatic heterocycles. The van der Waals surface area contributed by atoms with Gasteiger partial charge in [0.15, 0.2) is 0 Å². The van der Waals surface area contributed by atoms with Crippen molar-refractivity contribution in [3.8, 4) is 5.63 Å². The second-order valence-electron chi connectivity index (χ2n) is 2.77. The number of rotatable bonds is 3. The summed E-state index contributed by atoms with van der Waals surface area (Å²) in [5.41, 5.74) is 7.45. The van der Waals surface area contributed by atoms with Crippen LogP contribution in [0.4, 0.5) is 0 Å². The molecule has 0 aromatic carbocycles. The zero-order valence-corrected chi connectivity index (χ0v) is 7.42. The van der Waals surface area contributed by atoms with Gasteiger partial charge >= 0.3 is 70.8 Å². The maximum atomic E-state index is 10.9. The Bertz CT molecular complexity index is 267. The maximum absolute atomic E-state index is 10.9. The fourth-order valence-corrected chi connectivity index (χ4v) is 0.903. The van der Waals surface area contributed by atoms with Crippen molar-refractivity contribution < 1.29 is 14.1 Å². The third-order valence-electron chi connectivity index (χ3n) is 1.60. The zero-order chi connectivity index (χ0) is 8.97.